The molecule has 0 aliphatic carbocycles. The van der Waals surface area contributed by atoms with Gasteiger partial charge in [0.1, 0.15) is 5.37 Å². The van der Waals surface area contributed by atoms with Crippen LogP contribution < -0.4 is 4.72 Å². The first kappa shape index (κ1) is 20.3. The van der Waals surface area contributed by atoms with Crippen LogP contribution in [-0.2, 0) is 26.3 Å². The van der Waals surface area contributed by atoms with E-state index in [0.717, 1.165) is 11.1 Å². The molecule has 5 nitrogen and oxygen atoms in total. The van der Waals surface area contributed by atoms with E-state index in [4.69, 9.17) is 0 Å². The minimum absolute atomic E-state index is 0.0170. The van der Waals surface area contributed by atoms with E-state index in [1.54, 1.807) is 54.6 Å². The molecular weight excluding hydrogens is 394 g/mol. The highest BCUT2D eigenvalue weighted by Crippen LogP contribution is 2.20. The van der Waals surface area contributed by atoms with Gasteiger partial charge in [0.15, 0.2) is 9.84 Å². The molecule has 0 fully saturated rings. The lowest BCUT2D eigenvalue weighted by molar-refractivity contribution is 0.552. The van der Waals surface area contributed by atoms with Gasteiger partial charge in [0, 0.05) is 6.42 Å². The topological polar surface area (TPSA) is 80.3 Å². The molecule has 1 unspecified atom stereocenters. The highest BCUT2D eigenvalue weighted by Gasteiger charge is 2.32. The summed E-state index contributed by atoms with van der Waals surface area (Å²) in [7, 11) is -7.96. The standard InChI is InChI=1S/C21H21NO4S2/c1-17-12-14-20(15-13-17)28(25,26)22-21(16-18-8-4-2-5-9-18)27(23,24)19-10-6-3-7-11-19/h2-15,21-22H,16H2,1H3. The summed E-state index contributed by atoms with van der Waals surface area (Å²) in [5.74, 6) is 0. The van der Waals surface area contributed by atoms with Crippen LogP contribution >= 0.6 is 0 Å². The Morgan fingerprint density at radius 1 is 0.714 bits per heavy atom. The summed E-state index contributed by atoms with van der Waals surface area (Å²) >= 11 is 0. The summed E-state index contributed by atoms with van der Waals surface area (Å²) < 4.78 is 54.4. The molecule has 0 saturated carbocycles. The van der Waals surface area contributed by atoms with Crippen molar-refractivity contribution in [2.45, 2.75) is 28.5 Å². The second-order valence-electron chi connectivity index (χ2n) is 6.47. The van der Waals surface area contributed by atoms with Gasteiger partial charge in [-0.05, 0) is 36.8 Å². The van der Waals surface area contributed by atoms with Gasteiger partial charge in [-0.15, -0.1) is 0 Å². The van der Waals surface area contributed by atoms with Crippen molar-refractivity contribution in [3.05, 3.63) is 96.1 Å². The quantitative estimate of drug-likeness (QED) is 0.642. The molecule has 1 N–H and O–H groups in total. The zero-order valence-corrected chi connectivity index (χ0v) is 16.9. The summed E-state index contributed by atoms with van der Waals surface area (Å²) in [5.41, 5.74) is 1.63. The summed E-state index contributed by atoms with van der Waals surface area (Å²) in [4.78, 5) is 0.0990. The summed E-state index contributed by atoms with van der Waals surface area (Å²) in [5, 5.41) is -1.33. The Balaban J connectivity index is 2.00. The second kappa shape index (κ2) is 8.26. The average molecular weight is 416 g/mol. The van der Waals surface area contributed by atoms with Crippen molar-refractivity contribution < 1.29 is 16.8 Å². The summed E-state index contributed by atoms with van der Waals surface area (Å²) in [6, 6.07) is 23.1. The molecule has 3 rings (SSSR count). The maximum Gasteiger partial charge on any atom is 0.241 e. The first-order chi connectivity index (χ1) is 13.3. The van der Waals surface area contributed by atoms with Crippen LogP contribution in [-0.4, -0.2) is 22.2 Å². The molecule has 3 aromatic carbocycles. The maximum absolute atomic E-state index is 13.2. The molecule has 0 radical (unpaired) electrons. The lowest BCUT2D eigenvalue weighted by Crippen LogP contribution is -2.42. The molecular formula is C21H21NO4S2. The van der Waals surface area contributed by atoms with Crippen LogP contribution in [0.2, 0.25) is 0 Å². The Kier molecular flexibility index (Phi) is 5.98. The molecule has 0 spiro atoms. The van der Waals surface area contributed by atoms with Crippen LogP contribution in [0.3, 0.4) is 0 Å². The number of benzene rings is 3. The van der Waals surface area contributed by atoms with E-state index in [1.165, 1.54) is 24.3 Å². The fraction of sp³-hybridized carbons (Fsp3) is 0.143. The van der Waals surface area contributed by atoms with E-state index in [2.05, 4.69) is 4.72 Å². The summed E-state index contributed by atoms with van der Waals surface area (Å²) in [6.07, 6.45) is 0.0170. The molecule has 0 heterocycles. The molecule has 0 aliphatic rings. The van der Waals surface area contributed by atoms with Gasteiger partial charge in [0.25, 0.3) is 0 Å². The van der Waals surface area contributed by atoms with E-state index >= 15 is 0 Å². The maximum atomic E-state index is 13.2. The summed E-state index contributed by atoms with van der Waals surface area (Å²) in [6.45, 7) is 1.85. The number of nitrogens with one attached hydrogen (secondary N) is 1. The SMILES string of the molecule is Cc1ccc(S(=O)(=O)NC(Cc2ccccc2)S(=O)(=O)c2ccccc2)cc1. The lowest BCUT2D eigenvalue weighted by atomic mass is 10.1. The van der Waals surface area contributed by atoms with Crippen LogP contribution in [0.4, 0.5) is 0 Å². The largest absolute Gasteiger partial charge is 0.241 e. The van der Waals surface area contributed by atoms with Gasteiger partial charge in [-0.1, -0.05) is 66.2 Å². The van der Waals surface area contributed by atoms with Gasteiger partial charge >= 0.3 is 0 Å². The second-order valence-corrected chi connectivity index (χ2v) is 10.3. The molecule has 0 amide bonds. The first-order valence-corrected chi connectivity index (χ1v) is 11.7. The first-order valence-electron chi connectivity index (χ1n) is 8.71. The predicted octanol–water partition coefficient (Wildman–Crippen LogP) is 3.32. The number of sulfone groups is 1. The van der Waals surface area contributed by atoms with E-state index in [-0.39, 0.29) is 16.2 Å². The highest BCUT2D eigenvalue weighted by atomic mass is 32.2. The van der Waals surface area contributed by atoms with Gasteiger partial charge in [0.2, 0.25) is 10.0 Å². The van der Waals surface area contributed by atoms with Crippen molar-refractivity contribution in [3.63, 3.8) is 0 Å². The number of hydrogen-bond donors (Lipinski definition) is 1. The molecule has 0 aromatic heterocycles. The number of rotatable bonds is 7. The molecule has 0 bridgehead atoms. The molecule has 28 heavy (non-hydrogen) atoms. The molecule has 0 aliphatic heterocycles. The number of hydrogen-bond acceptors (Lipinski definition) is 4. The Morgan fingerprint density at radius 2 is 1.25 bits per heavy atom. The van der Waals surface area contributed by atoms with Crippen molar-refractivity contribution in [2.75, 3.05) is 0 Å². The van der Waals surface area contributed by atoms with Crippen LogP contribution in [0.5, 0.6) is 0 Å². The van der Waals surface area contributed by atoms with Crippen molar-refractivity contribution in [2.24, 2.45) is 0 Å². The monoisotopic (exact) mass is 415 g/mol. The lowest BCUT2D eigenvalue weighted by Gasteiger charge is -2.20. The smallest absolute Gasteiger partial charge is 0.222 e. The minimum atomic E-state index is -4.02. The fourth-order valence-electron chi connectivity index (χ4n) is 2.78. The van der Waals surface area contributed by atoms with Gasteiger partial charge in [-0.3, -0.25) is 0 Å². The molecule has 0 saturated heterocycles. The molecule has 146 valence electrons. The zero-order chi connectivity index (χ0) is 20.2. The van der Waals surface area contributed by atoms with Crippen molar-refractivity contribution >= 4 is 19.9 Å². The van der Waals surface area contributed by atoms with Gasteiger partial charge in [0.05, 0.1) is 9.79 Å². The van der Waals surface area contributed by atoms with Crippen LogP contribution in [0.25, 0.3) is 0 Å². The highest BCUT2D eigenvalue weighted by molar-refractivity contribution is 7.94. The van der Waals surface area contributed by atoms with Crippen LogP contribution in [0, 0.1) is 6.92 Å². The van der Waals surface area contributed by atoms with Crippen molar-refractivity contribution in [1.29, 1.82) is 0 Å². The Hall–Kier alpha value is -2.48. The van der Waals surface area contributed by atoms with Gasteiger partial charge < -0.3 is 0 Å². The third-order valence-electron chi connectivity index (χ3n) is 4.33. The van der Waals surface area contributed by atoms with Crippen LogP contribution in [0.1, 0.15) is 11.1 Å². The third-order valence-corrected chi connectivity index (χ3v) is 7.93. The van der Waals surface area contributed by atoms with Gasteiger partial charge in [-0.2, -0.15) is 4.72 Å². The fourth-order valence-corrected chi connectivity index (χ4v) is 6.00. The zero-order valence-electron chi connectivity index (χ0n) is 15.3. The van der Waals surface area contributed by atoms with E-state index < -0.39 is 25.2 Å². The third kappa shape index (κ3) is 4.67. The van der Waals surface area contributed by atoms with Crippen molar-refractivity contribution in [3.8, 4) is 0 Å². The Labute approximate surface area is 166 Å². The van der Waals surface area contributed by atoms with Gasteiger partial charge in [-0.25, -0.2) is 16.8 Å². The van der Waals surface area contributed by atoms with Crippen LogP contribution in [0.15, 0.2) is 94.7 Å². The Bertz CT molecular complexity index is 1130. The molecule has 1 atom stereocenters. The minimum Gasteiger partial charge on any atom is -0.222 e. The number of sulfonamides is 1. The predicted molar refractivity (Wildman–Crippen MR) is 109 cm³/mol. The number of aryl methyl sites for hydroxylation is 1. The van der Waals surface area contributed by atoms with E-state index in [9.17, 15) is 16.8 Å². The normalized spacial score (nSPS) is 13.2. The van der Waals surface area contributed by atoms with E-state index in [1.807, 2.05) is 13.0 Å². The Morgan fingerprint density at radius 3 is 1.82 bits per heavy atom. The average Bonchev–Trinajstić information content (AvgIpc) is 2.69. The van der Waals surface area contributed by atoms with Crippen molar-refractivity contribution in [1.82, 2.24) is 4.72 Å². The molecule has 7 heteroatoms. The molecule has 3 aromatic rings. The van der Waals surface area contributed by atoms with E-state index in [0.29, 0.717) is 0 Å².